The van der Waals surface area contributed by atoms with Crippen LogP contribution >= 0.6 is 0 Å². The first-order chi connectivity index (χ1) is 18.0. The summed E-state index contributed by atoms with van der Waals surface area (Å²) in [6.07, 6.45) is 2.46. The molecule has 3 aliphatic rings. The van der Waals surface area contributed by atoms with Gasteiger partial charge in [0.1, 0.15) is 0 Å². The number of para-hydroxylation sites is 1. The summed E-state index contributed by atoms with van der Waals surface area (Å²) in [5.41, 5.74) is 4.76. The third-order valence-corrected chi connectivity index (χ3v) is 7.86. The molecule has 1 aromatic heterocycles. The van der Waals surface area contributed by atoms with Crippen LogP contribution in [0.4, 0.5) is 17.1 Å². The van der Waals surface area contributed by atoms with E-state index < -0.39 is 0 Å². The lowest BCUT2D eigenvalue weighted by Crippen LogP contribution is -2.47. The van der Waals surface area contributed by atoms with Gasteiger partial charge in [0, 0.05) is 55.9 Å². The van der Waals surface area contributed by atoms with Crippen LogP contribution in [0.15, 0.2) is 65.3 Å². The Hall–Kier alpha value is -3.78. The Morgan fingerprint density at radius 2 is 1.65 bits per heavy atom. The Bertz CT molecular complexity index is 1290. The first-order valence-electron chi connectivity index (χ1n) is 12.9. The zero-order chi connectivity index (χ0) is 25.4. The molecule has 8 heteroatoms. The van der Waals surface area contributed by atoms with Crippen molar-refractivity contribution in [1.29, 1.82) is 0 Å². The zero-order valence-electron chi connectivity index (χ0n) is 21.1. The standard InChI is InChI=1S/C29H32N4O4/c1-21-5-2-3-6-24(21)31-12-14-32(15-13-31)25-9-8-22(17-23(25)30-27(34)26-7-4-16-37-26)28(35)33-11-10-29(18-33)19-36-20-29/h2-9,16-17H,10-15,18-20H2,1H3,(H,30,34). The van der Waals surface area contributed by atoms with Crippen LogP contribution in [-0.2, 0) is 4.74 Å². The lowest BCUT2D eigenvalue weighted by molar-refractivity contribution is -0.103. The number of carbonyl (C=O) groups is 2. The molecule has 0 bridgehead atoms. The average molecular weight is 501 g/mol. The van der Waals surface area contributed by atoms with Crippen LogP contribution in [0.3, 0.4) is 0 Å². The van der Waals surface area contributed by atoms with Crippen molar-refractivity contribution in [2.24, 2.45) is 5.41 Å². The van der Waals surface area contributed by atoms with Gasteiger partial charge in [-0.25, -0.2) is 0 Å². The van der Waals surface area contributed by atoms with Gasteiger partial charge in [-0.2, -0.15) is 0 Å². The van der Waals surface area contributed by atoms with Gasteiger partial charge in [-0.05, 0) is 55.3 Å². The zero-order valence-corrected chi connectivity index (χ0v) is 21.1. The van der Waals surface area contributed by atoms with Gasteiger partial charge in [-0.1, -0.05) is 18.2 Å². The molecule has 4 heterocycles. The number of rotatable bonds is 5. The van der Waals surface area contributed by atoms with Crippen molar-refractivity contribution in [1.82, 2.24) is 4.90 Å². The largest absolute Gasteiger partial charge is 0.459 e. The summed E-state index contributed by atoms with van der Waals surface area (Å²) in [5.74, 6) is -0.104. The maximum absolute atomic E-state index is 13.4. The summed E-state index contributed by atoms with van der Waals surface area (Å²) in [5, 5.41) is 3.01. The van der Waals surface area contributed by atoms with E-state index in [-0.39, 0.29) is 23.0 Å². The number of nitrogens with zero attached hydrogens (tertiary/aromatic N) is 3. The molecule has 2 amide bonds. The molecule has 0 saturated carbocycles. The Labute approximate surface area is 216 Å². The normalized spacial score (nSPS) is 18.7. The Balaban J connectivity index is 1.23. The van der Waals surface area contributed by atoms with Crippen LogP contribution in [0.2, 0.25) is 0 Å². The number of nitrogens with one attached hydrogen (secondary N) is 1. The fourth-order valence-corrected chi connectivity index (χ4v) is 5.66. The molecular formula is C29H32N4O4. The van der Waals surface area contributed by atoms with Crippen molar-refractivity contribution in [2.75, 3.05) is 67.6 Å². The van der Waals surface area contributed by atoms with Crippen molar-refractivity contribution >= 4 is 28.9 Å². The molecular weight excluding hydrogens is 468 g/mol. The number of ether oxygens (including phenoxy) is 1. The Morgan fingerprint density at radius 3 is 2.30 bits per heavy atom. The first kappa shape index (κ1) is 23.6. The Morgan fingerprint density at radius 1 is 0.892 bits per heavy atom. The van der Waals surface area contributed by atoms with E-state index >= 15 is 0 Å². The number of hydrogen-bond acceptors (Lipinski definition) is 6. The molecule has 0 radical (unpaired) electrons. The van der Waals surface area contributed by atoms with Gasteiger partial charge < -0.3 is 29.2 Å². The van der Waals surface area contributed by atoms with E-state index in [1.165, 1.54) is 17.5 Å². The monoisotopic (exact) mass is 500 g/mol. The lowest BCUT2D eigenvalue weighted by atomic mass is 9.85. The highest BCUT2D eigenvalue weighted by atomic mass is 16.5. The molecule has 0 aliphatic carbocycles. The number of aryl methyl sites for hydroxylation is 1. The predicted octanol–water partition coefficient (Wildman–Crippen LogP) is 4.03. The van der Waals surface area contributed by atoms with Crippen LogP contribution in [0.5, 0.6) is 0 Å². The average Bonchev–Trinajstić information content (AvgIpc) is 3.60. The van der Waals surface area contributed by atoms with Crippen molar-refractivity contribution < 1.29 is 18.7 Å². The first-order valence-corrected chi connectivity index (χ1v) is 12.9. The maximum atomic E-state index is 13.4. The van der Waals surface area contributed by atoms with Gasteiger partial charge in [0.25, 0.3) is 11.8 Å². The molecule has 192 valence electrons. The van der Waals surface area contributed by atoms with Gasteiger partial charge in [0.2, 0.25) is 0 Å². The summed E-state index contributed by atoms with van der Waals surface area (Å²) in [7, 11) is 0. The van der Waals surface area contributed by atoms with Crippen molar-refractivity contribution in [3.8, 4) is 0 Å². The molecule has 8 nitrogen and oxygen atoms in total. The number of piperazine rings is 1. The minimum Gasteiger partial charge on any atom is -0.459 e. The summed E-state index contributed by atoms with van der Waals surface area (Å²) in [4.78, 5) is 32.9. The van der Waals surface area contributed by atoms with Crippen molar-refractivity contribution in [3.05, 3.63) is 77.7 Å². The van der Waals surface area contributed by atoms with Crippen LogP contribution < -0.4 is 15.1 Å². The van der Waals surface area contributed by atoms with Gasteiger partial charge in [-0.15, -0.1) is 0 Å². The topological polar surface area (TPSA) is 78.3 Å². The van der Waals surface area contributed by atoms with E-state index in [1.807, 2.05) is 23.1 Å². The molecule has 6 rings (SSSR count). The molecule has 3 saturated heterocycles. The summed E-state index contributed by atoms with van der Waals surface area (Å²) in [6, 6.07) is 17.4. The number of furan rings is 1. The number of anilines is 3. The van der Waals surface area contributed by atoms with Crippen LogP contribution in [0.1, 0.15) is 32.9 Å². The lowest BCUT2D eigenvalue weighted by Gasteiger charge is -2.39. The number of carbonyl (C=O) groups excluding carboxylic acids is 2. The van der Waals surface area contributed by atoms with Gasteiger partial charge in [0.05, 0.1) is 30.9 Å². The quantitative estimate of drug-likeness (QED) is 0.570. The van der Waals surface area contributed by atoms with Gasteiger partial charge >= 0.3 is 0 Å². The van der Waals surface area contributed by atoms with Crippen molar-refractivity contribution in [2.45, 2.75) is 13.3 Å². The highest BCUT2D eigenvalue weighted by Crippen LogP contribution is 2.38. The third-order valence-electron chi connectivity index (χ3n) is 7.86. The molecule has 0 unspecified atom stereocenters. The highest BCUT2D eigenvalue weighted by molar-refractivity contribution is 6.05. The van der Waals surface area contributed by atoms with Crippen molar-refractivity contribution in [3.63, 3.8) is 0 Å². The minimum absolute atomic E-state index is 0.00630. The highest BCUT2D eigenvalue weighted by Gasteiger charge is 2.45. The second-order valence-corrected chi connectivity index (χ2v) is 10.4. The SMILES string of the molecule is Cc1ccccc1N1CCN(c2ccc(C(=O)N3CCC4(COC4)C3)cc2NC(=O)c2ccco2)CC1. The molecule has 2 aromatic carbocycles. The van der Waals surface area contributed by atoms with Gasteiger partial charge in [0.15, 0.2) is 5.76 Å². The second kappa shape index (κ2) is 9.59. The molecule has 3 aliphatic heterocycles. The molecule has 1 N–H and O–H groups in total. The maximum Gasteiger partial charge on any atom is 0.291 e. The molecule has 37 heavy (non-hydrogen) atoms. The smallest absolute Gasteiger partial charge is 0.291 e. The fourth-order valence-electron chi connectivity index (χ4n) is 5.66. The fraction of sp³-hybridized carbons (Fsp3) is 0.379. The minimum atomic E-state index is -0.332. The molecule has 3 aromatic rings. The number of benzene rings is 2. The molecule has 0 atom stereocenters. The summed E-state index contributed by atoms with van der Waals surface area (Å²) < 4.78 is 10.7. The van der Waals surface area contributed by atoms with E-state index in [0.29, 0.717) is 11.3 Å². The van der Waals surface area contributed by atoms with Crippen LogP contribution in [0.25, 0.3) is 0 Å². The predicted molar refractivity (Wildman–Crippen MR) is 142 cm³/mol. The summed E-state index contributed by atoms with van der Waals surface area (Å²) >= 11 is 0. The Kier molecular flexibility index (Phi) is 6.12. The molecule has 1 spiro atoms. The second-order valence-electron chi connectivity index (χ2n) is 10.4. The third kappa shape index (κ3) is 4.57. The van der Waals surface area contributed by atoms with E-state index in [2.05, 4.69) is 46.3 Å². The van der Waals surface area contributed by atoms with Crippen LogP contribution in [0, 0.1) is 12.3 Å². The van der Waals surface area contributed by atoms with Gasteiger partial charge in [-0.3, -0.25) is 9.59 Å². The van der Waals surface area contributed by atoms with E-state index in [9.17, 15) is 9.59 Å². The number of amides is 2. The molecule has 3 fully saturated rings. The van der Waals surface area contributed by atoms with Crippen LogP contribution in [-0.4, -0.2) is 69.2 Å². The van der Waals surface area contributed by atoms with E-state index in [4.69, 9.17) is 9.15 Å². The number of likely N-dealkylation sites (tertiary alicyclic amines) is 1. The summed E-state index contributed by atoms with van der Waals surface area (Å²) in [6.45, 7) is 8.41. The van der Waals surface area contributed by atoms with E-state index in [1.54, 1.807) is 12.1 Å². The van der Waals surface area contributed by atoms with E-state index in [0.717, 1.165) is 64.6 Å². The number of hydrogen-bond donors (Lipinski definition) is 1.